The van der Waals surface area contributed by atoms with Crippen molar-refractivity contribution in [1.82, 2.24) is 4.57 Å². The maximum absolute atomic E-state index is 2.54. The third-order valence-electron chi connectivity index (χ3n) is 7.09. The highest BCUT2D eigenvalue weighted by molar-refractivity contribution is 5.84. The Morgan fingerprint density at radius 3 is 1.97 bits per heavy atom. The molecule has 3 aromatic carbocycles. The third kappa shape index (κ3) is 3.29. The molecule has 0 saturated heterocycles. The molecule has 1 heterocycles. The van der Waals surface area contributed by atoms with Gasteiger partial charge in [-0.15, -0.1) is 0 Å². The first kappa shape index (κ1) is 17.1. The Balaban J connectivity index is 1.21. The number of hydrogen-bond acceptors (Lipinski definition) is 0. The normalized spacial score (nSPS) is 25.2. The average molecular weight is 378 g/mol. The van der Waals surface area contributed by atoms with E-state index in [1.165, 1.54) is 41.3 Å². The zero-order valence-electron chi connectivity index (χ0n) is 16.7. The molecule has 0 radical (unpaired) electrons. The summed E-state index contributed by atoms with van der Waals surface area (Å²) < 4.78 is 2.54. The zero-order valence-corrected chi connectivity index (χ0v) is 16.7. The quantitative estimate of drug-likeness (QED) is 0.348. The summed E-state index contributed by atoms with van der Waals surface area (Å²) in [4.78, 5) is 0. The van der Waals surface area contributed by atoms with Crippen molar-refractivity contribution in [3.05, 3.63) is 108 Å². The van der Waals surface area contributed by atoms with E-state index in [1.807, 2.05) is 0 Å². The molecule has 1 nitrogen and oxygen atoms in total. The Hall–Kier alpha value is -2.80. The summed E-state index contributed by atoms with van der Waals surface area (Å²) in [7, 11) is 0. The van der Waals surface area contributed by atoms with Gasteiger partial charge >= 0.3 is 0 Å². The molecule has 2 fully saturated rings. The molecule has 0 bridgehead atoms. The minimum Gasteiger partial charge on any atom is -0.347 e. The van der Waals surface area contributed by atoms with E-state index in [4.69, 9.17) is 0 Å². The third-order valence-corrected chi connectivity index (χ3v) is 7.09. The molecule has 4 aromatic rings. The molecule has 0 aliphatic heterocycles. The monoisotopic (exact) mass is 377 g/mol. The molecule has 2 aliphatic carbocycles. The second-order valence-electron chi connectivity index (χ2n) is 9.05. The van der Waals surface area contributed by atoms with Gasteiger partial charge in [0.2, 0.25) is 0 Å². The molecule has 2 aliphatic rings. The first-order chi connectivity index (χ1) is 14.4. The Morgan fingerprint density at radius 2 is 1.24 bits per heavy atom. The lowest BCUT2D eigenvalue weighted by atomic mass is 10.0. The summed E-state index contributed by atoms with van der Waals surface area (Å²) in [5, 5.41) is 1.46. The van der Waals surface area contributed by atoms with E-state index in [0.29, 0.717) is 0 Å². The highest BCUT2D eigenvalue weighted by Crippen LogP contribution is 2.51. The van der Waals surface area contributed by atoms with Crippen LogP contribution in [0.2, 0.25) is 0 Å². The zero-order chi connectivity index (χ0) is 19.2. The summed E-state index contributed by atoms with van der Waals surface area (Å²) >= 11 is 0. The van der Waals surface area contributed by atoms with Gasteiger partial charge in [0.25, 0.3) is 0 Å². The summed E-state index contributed by atoms with van der Waals surface area (Å²) in [6.07, 6.45) is 6.33. The van der Waals surface area contributed by atoms with Crippen LogP contribution in [0.15, 0.2) is 91.1 Å². The minimum absolute atomic E-state index is 0.742. The summed E-state index contributed by atoms with van der Waals surface area (Å²) in [5.41, 5.74) is 5.99. The van der Waals surface area contributed by atoms with Crippen LogP contribution in [0.5, 0.6) is 0 Å². The van der Waals surface area contributed by atoms with Crippen molar-refractivity contribution < 1.29 is 0 Å². The van der Waals surface area contributed by atoms with Crippen LogP contribution in [-0.2, 0) is 13.0 Å². The van der Waals surface area contributed by atoms with E-state index in [9.17, 15) is 0 Å². The molecule has 0 N–H and O–H groups in total. The molecule has 4 atom stereocenters. The van der Waals surface area contributed by atoms with Gasteiger partial charge in [-0.05, 0) is 65.7 Å². The van der Waals surface area contributed by atoms with Gasteiger partial charge in [-0.1, -0.05) is 78.9 Å². The van der Waals surface area contributed by atoms with E-state index in [-0.39, 0.29) is 0 Å². The number of benzene rings is 3. The van der Waals surface area contributed by atoms with E-state index in [0.717, 1.165) is 30.2 Å². The van der Waals surface area contributed by atoms with Crippen LogP contribution in [0.25, 0.3) is 10.9 Å². The van der Waals surface area contributed by atoms with Crippen LogP contribution in [0.4, 0.5) is 0 Å². The van der Waals surface area contributed by atoms with E-state index in [1.54, 1.807) is 5.56 Å². The fraction of sp³-hybridized carbons (Fsp3) is 0.286. The van der Waals surface area contributed by atoms with Crippen LogP contribution in [-0.4, -0.2) is 4.57 Å². The fourth-order valence-electron chi connectivity index (χ4n) is 5.31. The van der Waals surface area contributed by atoms with Gasteiger partial charge < -0.3 is 4.57 Å². The maximum Gasteiger partial charge on any atom is 0.0483 e. The summed E-state index contributed by atoms with van der Waals surface area (Å²) in [6, 6.07) is 31.1. The molecule has 1 heteroatoms. The van der Waals surface area contributed by atoms with Gasteiger partial charge in [0.1, 0.15) is 0 Å². The first-order valence-corrected chi connectivity index (χ1v) is 11.0. The highest BCUT2D eigenvalue weighted by atomic mass is 15.0. The van der Waals surface area contributed by atoms with E-state index >= 15 is 0 Å². The lowest BCUT2D eigenvalue weighted by Crippen LogP contribution is -1.99. The molecule has 0 spiro atoms. The Labute approximate surface area is 173 Å². The number of aromatic nitrogens is 1. The molecule has 2 saturated carbocycles. The lowest BCUT2D eigenvalue weighted by molar-refractivity contribution is 0.628. The van der Waals surface area contributed by atoms with Gasteiger partial charge in [-0.3, -0.25) is 0 Å². The van der Waals surface area contributed by atoms with Crippen LogP contribution in [0.3, 0.4) is 0 Å². The smallest absolute Gasteiger partial charge is 0.0483 e. The maximum atomic E-state index is 2.54. The minimum atomic E-state index is 0.742. The van der Waals surface area contributed by atoms with Crippen LogP contribution in [0.1, 0.15) is 41.4 Å². The lowest BCUT2D eigenvalue weighted by Gasteiger charge is -2.05. The number of para-hydroxylation sites is 1. The molecule has 29 heavy (non-hydrogen) atoms. The second-order valence-corrected chi connectivity index (χ2v) is 9.05. The van der Waals surface area contributed by atoms with Crippen molar-refractivity contribution in [3.63, 3.8) is 0 Å². The van der Waals surface area contributed by atoms with Crippen LogP contribution < -0.4 is 0 Å². The van der Waals surface area contributed by atoms with Crippen molar-refractivity contribution in [2.24, 2.45) is 11.8 Å². The van der Waals surface area contributed by atoms with Gasteiger partial charge in [0.15, 0.2) is 0 Å². The fourth-order valence-corrected chi connectivity index (χ4v) is 5.31. The molecule has 6 rings (SSSR count). The molecule has 4 unspecified atom stereocenters. The second kappa shape index (κ2) is 6.91. The SMILES string of the molecule is c1ccc(C2CC2Cc2cn(CC3CC3c3ccccc3)c3ccccc23)cc1. The van der Waals surface area contributed by atoms with Gasteiger partial charge in [0.05, 0.1) is 0 Å². The first-order valence-electron chi connectivity index (χ1n) is 11.0. The van der Waals surface area contributed by atoms with E-state index in [2.05, 4.69) is 95.7 Å². The number of rotatable bonds is 6. The van der Waals surface area contributed by atoms with Crippen molar-refractivity contribution in [2.45, 2.75) is 37.6 Å². The van der Waals surface area contributed by atoms with Gasteiger partial charge in [-0.2, -0.15) is 0 Å². The highest BCUT2D eigenvalue weighted by Gasteiger charge is 2.40. The Bertz CT molecular complexity index is 1040. The summed E-state index contributed by atoms with van der Waals surface area (Å²) in [6.45, 7) is 1.15. The molecule has 1 aromatic heterocycles. The summed E-state index contributed by atoms with van der Waals surface area (Å²) in [5.74, 6) is 3.07. The predicted molar refractivity (Wildman–Crippen MR) is 120 cm³/mol. The average Bonchev–Trinajstić information content (AvgIpc) is 3.69. The largest absolute Gasteiger partial charge is 0.347 e. The number of nitrogens with zero attached hydrogens (tertiary/aromatic N) is 1. The van der Waals surface area contributed by atoms with Crippen LogP contribution >= 0.6 is 0 Å². The van der Waals surface area contributed by atoms with Gasteiger partial charge in [-0.25, -0.2) is 0 Å². The predicted octanol–water partition coefficient (Wildman–Crippen LogP) is 6.79. The van der Waals surface area contributed by atoms with Gasteiger partial charge in [0, 0.05) is 23.6 Å². The van der Waals surface area contributed by atoms with Crippen molar-refractivity contribution in [2.75, 3.05) is 0 Å². The van der Waals surface area contributed by atoms with Crippen LogP contribution in [0, 0.1) is 11.8 Å². The number of fused-ring (bicyclic) bond motifs is 1. The van der Waals surface area contributed by atoms with Crippen molar-refractivity contribution in [3.8, 4) is 0 Å². The van der Waals surface area contributed by atoms with E-state index < -0.39 is 0 Å². The van der Waals surface area contributed by atoms with Crippen molar-refractivity contribution >= 4 is 10.9 Å². The molecular formula is C28H27N. The standard InChI is InChI=1S/C28H27N/c1-3-9-20(10-4-1)26-16-22(26)15-23-18-29(28-14-8-7-13-25(23)28)19-24-17-27(24)21-11-5-2-6-12-21/h1-14,18,22,24,26-27H,15-17,19H2. The molecule has 144 valence electrons. The Morgan fingerprint density at radius 1 is 0.655 bits per heavy atom. The molecular weight excluding hydrogens is 350 g/mol. The Kier molecular flexibility index (Phi) is 4.08. The topological polar surface area (TPSA) is 4.93 Å². The van der Waals surface area contributed by atoms with Crippen molar-refractivity contribution in [1.29, 1.82) is 0 Å². The number of hydrogen-bond donors (Lipinski definition) is 0. The molecule has 0 amide bonds.